The zero-order valence-corrected chi connectivity index (χ0v) is 10.3. The van der Waals surface area contributed by atoms with Gasteiger partial charge in [-0.15, -0.1) is 0 Å². The number of alkyl halides is 3. The van der Waals surface area contributed by atoms with Gasteiger partial charge in [0.2, 0.25) is 0 Å². The zero-order chi connectivity index (χ0) is 15.2. The first-order valence-electron chi connectivity index (χ1n) is 5.68. The highest BCUT2D eigenvalue weighted by Crippen LogP contribution is 2.28. The zero-order valence-electron chi connectivity index (χ0n) is 10.3. The number of hydrogen-bond donors (Lipinski definition) is 3. The SMILES string of the molecule is O=C(O)CCNC(=O)NCc1ccc(C(F)(F)F)cc1. The van der Waals surface area contributed by atoms with Crippen LogP contribution >= 0.6 is 0 Å². The molecule has 0 aromatic heterocycles. The van der Waals surface area contributed by atoms with Crippen molar-refractivity contribution in [3.05, 3.63) is 35.4 Å². The van der Waals surface area contributed by atoms with Crippen LogP contribution in [-0.4, -0.2) is 23.7 Å². The van der Waals surface area contributed by atoms with Gasteiger partial charge in [-0.2, -0.15) is 13.2 Å². The molecule has 5 nitrogen and oxygen atoms in total. The quantitative estimate of drug-likeness (QED) is 0.776. The molecule has 0 saturated carbocycles. The van der Waals surface area contributed by atoms with Crippen LogP contribution in [0.1, 0.15) is 17.5 Å². The highest BCUT2D eigenvalue weighted by Gasteiger charge is 2.29. The molecule has 20 heavy (non-hydrogen) atoms. The Morgan fingerprint density at radius 2 is 1.70 bits per heavy atom. The van der Waals surface area contributed by atoms with Crippen LogP contribution in [0.4, 0.5) is 18.0 Å². The molecule has 110 valence electrons. The fourth-order valence-corrected chi connectivity index (χ4v) is 1.34. The molecule has 0 unspecified atom stereocenters. The van der Waals surface area contributed by atoms with Gasteiger partial charge < -0.3 is 15.7 Å². The summed E-state index contributed by atoms with van der Waals surface area (Å²) in [5.74, 6) is -1.03. The minimum absolute atomic E-state index is 0.0197. The highest BCUT2D eigenvalue weighted by molar-refractivity contribution is 5.74. The van der Waals surface area contributed by atoms with Crippen LogP contribution in [0.2, 0.25) is 0 Å². The molecular formula is C12H13F3N2O3. The number of amides is 2. The number of carbonyl (C=O) groups excluding carboxylic acids is 1. The number of rotatable bonds is 5. The lowest BCUT2D eigenvalue weighted by molar-refractivity contribution is -0.138. The van der Waals surface area contributed by atoms with Gasteiger partial charge in [-0.05, 0) is 17.7 Å². The molecule has 1 aromatic carbocycles. The van der Waals surface area contributed by atoms with E-state index in [4.69, 9.17) is 5.11 Å². The van der Waals surface area contributed by atoms with Gasteiger partial charge in [-0.25, -0.2) is 4.79 Å². The van der Waals surface area contributed by atoms with Gasteiger partial charge in [0, 0.05) is 13.1 Å². The standard InChI is InChI=1S/C12H13F3N2O3/c13-12(14,15)9-3-1-8(2-4-9)7-17-11(20)16-6-5-10(18)19/h1-4H,5-7H2,(H,18,19)(H2,16,17,20). The Labute approximate surface area is 112 Å². The van der Waals surface area contributed by atoms with Gasteiger partial charge in [-0.3, -0.25) is 4.79 Å². The number of halogens is 3. The number of nitrogens with one attached hydrogen (secondary N) is 2. The fraction of sp³-hybridized carbons (Fsp3) is 0.333. The summed E-state index contributed by atoms with van der Waals surface area (Å²) in [6, 6.07) is 3.81. The second-order valence-electron chi connectivity index (χ2n) is 3.95. The van der Waals surface area contributed by atoms with Crippen molar-refractivity contribution in [1.82, 2.24) is 10.6 Å². The van der Waals surface area contributed by atoms with Crippen molar-refractivity contribution in [2.45, 2.75) is 19.1 Å². The highest BCUT2D eigenvalue weighted by atomic mass is 19.4. The summed E-state index contributed by atoms with van der Waals surface area (Å²) in [5, 5.41) is 13.1. The van der Waals surface area contributed by atoms with Gasteiger partial charge in [0.1, 0.15) is 0 Å². The van der Waals surface area contributed by atoms with Crippen LogP contribution < -0.4 is 10.6 Å². The number of benzene rings is 1. The van der Waals surface area contributed by atoms with E-state index in [-0.39, 0.29) is 19.5 Å². The largest absolute Gasteiger partial charge is 0.481 e. The maximum Gasteiger partial charge on any atom is 0.416 e. The third-order valence-electron chi connectivity index (χ3n) is 2.36. The predicted octanol–water partition coefficient (Wildman–Crippen LogP) is 1.98. The summed E-state index contributed by atoms with van der Waals surface area (Å²) in [6.07, 6.45) is -4.59. The van der Waals surface area contributed by atoms with Gasteiger partial charge in [0.05, 0.1) is 12.0 Å². The number of carbonyl (C=O) groups is 2. The molecule has 8 heteroatoms. The van der Waals surface area contributed by atoms with E-state index in [1.807, 2.05) is 0 Å². The van der Waals surface area contributed by atoms with E-state index in [9.17, 15) is 22.8 Å². The normalized spacial score (nSPS) is 10.9. The molecule has 0 radical (unpaired) electrons. The van der Waals surface area contributed by atoms with Gasteiger partial charge in [0.15, 0.2) is 0 Å². The van der Waals surface area contributed by atoms with E-state index in [0.717, 1.165) is 12.1 Å². The fourth-order valence-electron chi connectivity index (χ4n) is 1.34. The first-order chi connectivity index (χ1) is 9.29. The summed E-state index contributed by atoms with van der Waals surface area (Å²) >= 11 is 0. The minimum atomic E-state index is -4.39. The van der Waals surface area contributed by atoms with E-state index in [2.05, 4.69) is 10.6 Å². The molecule has 0 fully saturated rings. The summed E-state index contributed by atoms with van der Waals surface area (Å²) in [5.41, 5.74) is -0.251. The molecule has 0 aliphatic heterocycles. The lowest BCUT2D eigenvalue weighted by atomic mass is 10.1. The van der Waals surface area contributed by atoms with Crippen LogP contribution in [0.3, 0.4) is 0 Å². The average molecular weight is 290 g/mol. The molecule has 0 atom stereocenters. The summed E-state index contributed by atoms with van der Waals surface area (Å²) in [7, 11) is 0. The molecule has 0 aliphatic carbocycles. The van der Waals surface area contributed by atoms with Crippen molar-refractivity contribution in [2.75, 3.05) is 6.54 Å². The first kappa shape index (κ1) is 15.8. The number of aliphatic carboxylic acids is 1. The molecule has 0 heterocycles. The van der Waals surface area contributed by atoms with Gasteiger partial charge in [0.25, 0.3) is 0 Å². The number of carboxylic acids is 1. The molecular weight excluding hydrogens is 277 g/mol. The van der Waals surface area contributed by atoms with Crippen LogP contribution in [-0.2, 0) is 17.5 Å². The van der Waals surface area contributed by atoms with Gasteiger partial charge >= 0.3 is 18.2 Å². The number of carboxylic acid groups (broad SMARTS) is 1. The second kappa shape index (κ2) is 6.78. The van der Waals surface area contributed by atoms with Crippen LogP contribution in [0, 0.1) is 0 Å². The summed E-state index contributed by atoms with van der Waals surface area (Å²) in [4.78, 5) is 21.4. The van der Waals surface area contributed by atoms with Gasteiger partial charge in [-0.1, -0.05) is 12.1 Å². The Kier molecular flexibility index (Phi) is 5.36. The average Bonchev–Trinajstić information content (AvgIpc) is 2.35. The molecule has 0 aliphatic rings. The third kappa shape index (κ3) is 5.59. The number of hydrogen-bond acceptors (Lipinski definition) is 2. The van der Waals surface area contributed by atoms with E-state index in [1.165, 1.54) is 12.1 Å². The van der Waals surface area contributed by atoms with E-state index < -0.39 is 23.7 Å². The maximum atomic E-state index is 12.3. The topological polar surface area (TPSA) is 78.4 Å². The Hall–Kier alpha value is -2.25. The van der Waals surface area contributed by atoms with Crippen LogP contribution in [0.25, 0.3) is 0 Å². The molecule has 0 spiro atoms. The van der Waals surface area contributed by atoms with E-state index in [1.54, 1.807) is 0 Å². The van der Waals surface area contributed by atoms with Crippen LogP contribution in [0.15, 0.2) is 24.3 Å². The van der Waals surface area contributed by atoms with Crippen LogP contribution in [0.5, 0.6) is 0 Å². The lowest BCUT2D eigenvalue weighted by Crippen LogP contribution is -2.36. The summed E-state index contributed by atoms with van der Waals surface area (Å²) < 4.78 is 36.9. The van der Waals surface area contributed by atoms with E-state index in [0.29, 0.717) is 5.56 Å². The molecule has 3 N–H and O–H groups in total. The monoisotopic (exact) mass is 290 g/mol. The van der Waals surface area contributed by atoms with Crippen molar-refractivity contribution in [3.63, 3.8) is 0 Å². The molecule has 2 amide bonds. The smallest absolute Gasteiger partial charge is 0.416 e. The molecule has 1 rings (SSSR count). The Balaban J connectivity index is 2.38. The summed E-state index contributed by atoms with van der Waals surface area (Å²) in [6.45, 7) is 0.0330. The lowest BCUT2D eigenvalue weighted by Gasteiger charge is -2.09. The molecule has 1 aromatic rings. The maximum absolute atomic E-state index is 12.3. The van der Waals surface area contributed by atoms with Crippen molar-refractivity contribution in [3.8, 4) is 0 Å². The molecule has 0 bridgehead atoms. The Bertz CT molecular complexity index is 472. The van der Waals surface area contributed by atoms with E-state index >= 15 is 0 Å². The molecule has 0 saturated heterocycles. The second-order valence-corrected chi connectivity index (χ2v) is 3.95. The first-order valence-corrected chi connectivity index (χ1v) is 5.68. The third-order valence-corrected chi connectivity index (χ3v) is 2.36. The van der Waals surface area contributed by atoms with Crippen molar-refractivity contribution in [1.29, 1.82) is 0 Å². The Morgan fingerprint density at radius 3 is 2.20 bits per heavy atom. The number of urea groups is 1. The van der Waals surface area contributed by atoms with Crippen molar-refractivity contribution in [2.24, 2.45) is 0 Å². The van der Waals surface area contributed by atoms with Crippen molar-refractivity contribution < 1.29 is 27.9 Å². The minimum Gasteiger partial charge on any atom is -0.481 e. The van der Waals surface area contributed by atoms with Crippen molar-refractivity contribution >= 4 is 12.0 Å². The predicted molar refractivity (Wildman–Crippen MR) is 63.9 cm³/mol. The Morgan fingerprint density at radius 1 is 1.10 bits per heavy atom.